The Balaban J connectivity index is 1.67. The van der Waals surface area contributed by atoms with Gasteiger partial charge in [-0.05, 0) is 27.6 Å². The quantitative estimate of drug-likeness (QED) is 0.618. The number of nitrogens with zero attached hydrogens (tertiary/aromatic N) is 6. The van der Waals surface area contributed by atoms with Gasteiger partial charge in [0, 0.05) is 35.5 Å². The Bertz CT molecular complexity index is 1010. The molecule has 1 aliphatic rings. The minimum Gasteiger partial charge on any atom is -0.280 e. The largest absolute Gasteiger partial charge is 0.280 e. The third kappa shape index (κ3) is 2.17. The maximum Gasteiger partial charge on any atom is 0.185 e. The fraction of sp³-hybridized carbons (Fsp3) is 0.105. The Morgan fingerprint density at radius 3 is 2.69 bits per heavy atom. The van der Waals surface area contributed by atoms with E-state index in [1.165, 1.54) is 5.56 Å². The highest BCUT2D eigenvalue weighted by atomic mass is 15.5. The van der Waals surface area contributed by atoms with E-state index in [-0.39, 0.29) is 5.41 Å². The second kappa shape index (κ2) is 5.73. The van der Waals surface area contributed by atoms with E-state index in [1.807, 2.05) is 18.3 Å². The van der Waals surface area contributed by atoms with Crippen LogP contribution < -0.4 is 0 Å². The molecule has 0 bridgehead atoms. The Morgan fingerprint density at radius 1 is 1.04 bits per heavy atom. The van der Waals surface area contributed by atoms with E-state index in [0.717, 1.165) is 23.2 Å². The van der Waals surface area contributed by atoms with E-state index < -0.39 is 0 Å². The van der Waals surface area contributed by atoms with Crippen molar-refractivity contribution >= 4 is 6.08 Å². The fourth-order valence-electron chi connectivity index (χ4n) is 3.61. The van der Waals surface area contributed by atoms with Crippen LogP contribution in [0.15, 0.2) is 67.3 Å². The smallest absolute Gasteiger partial charge is 0.185 e. The van der Waals surface area contributed by atoms with Gasteiger partial charge in [-0.1, -0.05) is 48.6 Å². The summed E-state index contributed by atoms with van der Waals surface area (Å²) in [6, 6.07) is 14.6. The summed E-state index contributed by atoms with van der Waals surface area (Å²) in [5.74, 6) is 0.703. The van der Waals surface area contributed by atoms with Crippen molar-refractivity contribution in [3.8, 4) is 5.82 Å². The minimum absolute atomic E-state index is 0.299. The molecule has 0 spiro atoms. The topological polar surface area (TPSA) is 85.2 Å². The van der Waals surface area contributed by atoms with Gasteiger partial charge in [0.05, 0.1) is 0 Å². The van der Waals surface area contributed by atoms with Crippen LogP contribution in [0.2, 0.25) is 0 Å². The molecule has 126 valence electrons. The molecule has 0 amide bonds. The maximum atomic E-state index is 4.42. The van der Waals surface area contributed by atoms with Crippen molar-refractivity contribution < 1.29 is 0 Å². The van der Waals surface area contributed by atoms with Crippen LogP contribution in [0.4, 0.5) is 0 Å². The average Bonchev–Trinajstić information content (AvgIpc) is 3.38. The molecule has 5 rings (SSSR count). The maximum absolute atomic E-state index is 4.42. The Hall–Kier alpha value is -3.61. The van der Waals surface area contributed by atoms with Crippen LogP contribution >= 0.6 is 0 Å². The molecule has 0 saturated carbocycles. The van der Waals surface area contributed by atoms with Crippen molar-refractivity contribution in [3.05, 3.63) is 89.6 Å². The van der Waals surface area contributed by atoms with E-state index in [9.17, 15) is 0 Å². The van der Waals surface area contributed by atoms with Crippen LogP contribution in [0.1, 0.15) is 22.4 Å². The lowest BCUT2D eigenvalue weighted by atomic mass is 9.69. The molecule has 1 aromatic carbocycles. The summed E-state index contributed by atoms with van der Waals surface area (Å²) in [5, 5.41) is 18.9. The van der Waals surface area contributed by atoms with Crippen LogP contribution in [-0.4, -0.2) is 35.4 Å². The number of hydrogen-bond donors (Lipinski definition) is 1. The first-order valence-electron chi connectivity index (χ1n) is 8.33. The van der Waals surface area contributed by atoms with Gasteiger partial charge < -0.3 is 0 Å². The first-order chi connectivity index (χ1) is 12.9. The van der Waals surface area contributed by atoms with E-state index in [1.54, 1.807) is 17.2 Å². The normalized spacial score (nSPS) is 18.6. The highest BCUT2D eigenvalue weighted by molar-refractivity contribution is 5.67. The Labute approximate surface area is 149 Å². The summed E-state index contributed by atoms with van der Waals surface area (Å²) in [7, 11) is 0. The number of tetrazole rings is 1. The van der Waals surface area contributed by atoms with Crippen LogP contribution in [0.3, 0.4) is 0 Å². The van der Waals surface area contributed by atoms with Gasteiger partial charge in [-0.2, -0.15) is 9.78 Å². The van der Waals surface area contributed by atoms with Gasteiger partial charge in [0.1, 0.15) is 6.33 Å². The first kappa shape index (κ1) is 14.7. The molecule has 7 heteroatoms. The van der Waals surface area contributed by atoms with E-state index in [2.05, 4.69) is 73.2 Å². The highest BCUT2D eigenvalue weighted by Crippen LogP contribution is 2.41. The molecule has 1 unspecified atom stereocenters. The molecule has 0 radical (unpaired) electrons. The lowest BCUT2D eigenvalue weighted by molar-refractivity contribution is 0.618. The SMILES string of the molecule is C1=CC(c2ccccc2)(c2cccnc2)Cc2[nH]nc(-n3cnnn3)c21. The molecule has 3 aromatic heterocycles. The summed E-state index contributed by atoms with van der Waals surface area (Å²) < 4.78 is 1.57. The predicted octanol–water partition coefficient (Wildman–Crippen LogP) is 2.34. The molecule has 1 aliphatic carbocycles. The zero-order valence-electron chi connectivity index (χ0n) is 13.8. The number of pyridine rings is 1. The monoisotopic (exact) mass is 341 g/mol. The number of aromatic amines is 1. The molecule has 3 heterocycles. The molecular weight excluding hydrogens is 326 g/mol. The van der Waals surface area contributed by atoms with E-state index in [4.69, 9.17) is 0 Å². The number of H-pyrrole nitrogens is 1. The van der Waals surface area contributed by atoms with Gasteiger partial charge in [-0.15, -0.1) is 5.10 Å². The number of benzene rings is 1. The number of fused-ring (bicyclic) bond motifs is 1. The van der Waals surface area contributed by atoms with Gasteiger partial charge in [0.2, 0.25) is 0 Å². The van der Waals surface area contributed by atoms with Crippen molar-refractivity contribution in [2.45, 2.75) is 11.8 Å². The van der Waals surface area contributed by atoms with Gasteiger partial charge in [0.25, 0.3) is 0 Å². The molecule has 4 aromatic rings. The van der Waals surface area contributed by atoms with Crippen LogP contribution in [0.5, 0.6) is 0 Å². The number of hydrogen-bond acceptors (Lipinski definition) is 5. The zero-order valence-corrected chi connectivity index (χ0v) is 13.8. The van der Waals surface area contributed by atoms with Crippen molar-refractivity contribution in [2.24, 2.45) is 0 Å². The van der Waals surface area contributed by atoms with Gasteiger partial charge >= 0.3 is 0 Å². The van der Waals surface area contributed by atoms with Gasteiger partial charge in [-0.3, -0.25) is 10.1 Å². The average molecular weight is 341 g/mol. The van der Waals surface area contributed by atoms with E-state index >= 15 is 0 Å². The molecule has 7 nitrogen and oxygen atoms in total. The van der Waals surface area contributed by atoms with E-state index in [0.29, 0.717) is 5.82 Å². The van der Waals surface area contributed by atoms with Crippen molar-refractivity contribution in [3.63, 3.8) is 0 Å². The number of rotatable bonds is 3. The standard InChI is InChI=1S/C19H15N7/c1-2-5-14(6-3-1)19(15-7-4-10-20-12-15)9-8-16-17(11-19)22-23-18(16)26-13-21-24-25-26/h1-10,12-13H,11H2,(H,22,23). The second-order valence-electron chi connectivity index (χ2n) is 6.28. The summed E-state index contributed by atoms with van der Waals surface area (Å²) in [6.45, 7) is 0. The third-order valence-corrected chi connectivity index (χ3v) is 4.88. The number of aromatic nitrogens is 7. The lowest BCUT2D eigenvalue weighted by Crippen LogP contribution is -2.30. The Morgan fingerprint density at radius 2 is 1.92 bits per heavy atom. The molecule has 0 fully saturated rings. The van der Waals surface area contributed by atoms with Crippen molar-refractivity contribution in [2.75, 3.05) is 0 Å². The molecule has 1 atom stereocenters. The van der Waals surface area contributed by atoms with Crippen LogP contribution in [0.25, 0.3) is 11.9 Å². The molecule has 0 saturated heterocycles. The molecule has 0 aliphatic heterocycles. The number of nitrogens with one attached hydrogen (secondary N) is 1. The molecular formula is C19H15N7. The van der Waals surface area contributed by atoms with Crippen LogP contribution in [0, 0.1) is 0 Å². The highest BCUT2D eigenvalue weighted by Gasteiger charge is 2.36. The zero-order chi connectivity index (χ0) is 17.4. The van der Waals surface area contributed by atoms with Gasteiger partial charge in [-0.25, -0.2) is 0 Å². The van der Waals surface area contributed by atoms with Crippen molar-refractivity contribution in [1.82, 2.24) is 35.4 Å². The summed E-state index contributed by atoms with van der Waals surface area (Å²) in [4.78, 5) is 4.34. The third-order valence-electron chi connectivity index (χ3n) is 4.88. The fourth-order valence-corrected chi connectivity index (χ4v) is 3.61. The second-order valence-corrected chi connectivity index (χ2v) is 6.28. The summed E-state index contributed by atoms with van der Waals surface area (Å²) >= 11 is 0. The summed E-state index contributed by atoms with van der Waals surface area (Å²) in [5.41, 5.74) is 4.12. The van der Waals surface area contributed by atoms with Crippen molar-refractivity contribution in [1.29, 1.82) is 0 Å². The number of allylic oxidation sites excluding steroid dienone is 1. The molecule has 1 N–H and O–H groups in total. The Kier molecular flexibility index (Phi) is 3.24. The predicted molar refractivity (Wildman–Crippen MR) is 95.5 cm³/mol. The van der Waals surface area contributed by atoms with Crippen LogP contribution in [-0.2, 0) is 11.8 Å². The lowest BCUT2D eigenvalue weighted by Gasteiger charge is -2.34. The summed E-state index contributed by atoms with van der Waals surface area (Å²) in [6.07, 6.45) is 10.4. The first-order valence-corrected chi connectivity index (χ1v) is 8.33. The molecule has 26 heavy (non-hydrogen) atoms. The minimum atomic E-state index is -0.299. The van der Waals surface area contributed by atoms with Gasteiger partial charge in [0.15, 0.2) is 5.82 Å².